The Morgan fingerprint density at radius 2 is 2.21 bits per heavy atom. The minimum Gasteiger partial charge on any atom is -0.313 e. The molecular formula is C20H20N2OS. The lowest BCUT2D eigenvalue weighted by Gasteiger charge is -2.20. The molecule has 1 heterocycles. The molecule has 0 saturated carbocycles. The van der Waals surface area contributed by atoms with Crippen LogP contribution in [0.15, 0.2) is 36.4 Å². The maximum atomic E-state index is 12.2. The molecule has 122 valence electrons. The molecule has 4 heteroatoms. The highest BCUT2D eigenvalue weighted by Gasteiger charge is 2.25. The summed E-state index contributed by atoms with van der Waals surface area (Å²) in [5.74, 6) is 0.505. The monoisotopic (exact) mass is 336 g/mol. The van der Waals surface area contributed by atoms with Crippen LogP contribution in [0.4, 0.5) is 5.00 Å². The minimum absolute atomic E-state index is 0.194. The van der Waals surface area contributed by atoms with Crippen molar-refractivity contribution in [2.45, 2.75) is 32.6 Å². The molecule has 24 heavy (non-hydrogen) atoms. The predicted molar refractivity (Wildman–Crippen MR) is 98.9 cm³/mol. The van der Waals surface area contributed by atoms with Crippen LogP contribution in [-0.2, 0) is 17.6 Å². The normalized spacial score (nSPS) is 16.6. The van der Waals surface area contributed by atoms with E-state index >= 15 is 0 Å². The van der Waals surface area contributed by atoms with Crippen LogP contribution >= 0.6 is 11.3 Å². The van der Waals surface area contributed by atoms with E-state index in [1.165, 1.54) is 17.4 Å². The standard InChI is InChI=1S/C20H20N2OS/c1-2-14-8-10-16-17(13-21)20(24-18(16)12-14)22-19(23)11-9-15-6-4-3-5-7-15/h3-7,9,11,14H,2,8,10,12H2,1H3,(H,22,23)/b11-9-/t14-/m0/s1. The summed E-state index contributed by atoms with van der Waals surface area (Å²) >= 11 is 1.57. The average Bonchev–Trinajstić information content (AvgIpc) is 2.96. The Morgan fingerprint density at radius 3 is 2.92 bits per heavy atom. The van der Waals surface area contributed by atoms with Crippen LogP contribution in [0.1, 0.15) is 41.3 Å². The van der Waals surface area contributed by atoms with E-state index in [4.69, 9.17) is 0 Å². The van der Waals surface area contributed by atoms with E-state index in [-0.39, 0.29) is 5.91 Å². The number of nitriles is 1. The molecule has 0 radical (unpaired) electrons. The summed E-state index contributed by atoms with van der Waals surface area (Å²) in [5, 5.41) is 13.1. The first kappa shape index (κ1) is 16.5. The zero-order chi connectivity index (χ0) is 16.9. The molecule has 0 spiro atoms. The van der Waals surface area contributed by atoms with Crippen molar-refractivity contribution in [2.24, 2.45) is 5.92 Å². The van der Waals surface area contributed by atoms with E-state index in [0.29, 0.717) is 16.5 Å². The van der Waals surface area contributed by atoms with Gasteiger partial charge in [-0.15, -0.1) is 11.3 Å². The van der Waals surface area contributed by atoms with Crippen molar-refractivity contribution >= 4 is 28.3 Å². The molecule has 0 bridgehead atoms. The van der Waals surface area contributed by atoms with Crippen LogP contribution in [-0.4, -0.2) is 5.91 Å². The van der Waals surface area contributed by atoms with E-state index < -0.39 is 0 Å². The minimum atomic E-state index is -0.194. The largest absolute Gasteiger partial charge is 0.313 e. The Morgan fingerprint density at radius 1 is 1.42 bits per heavy atom. The van der Waals surface area contributed by atoms with Crippen molar-refractivity contribution in [2.75, 3.05) is 5.32 Å². The fourth-order valence-electron chi connectivity index (χ4n) is 3.10. The van der Waals surface area contributed by atoms with Crippen molar-refractivity contribution in [1.29, 1.82) is 5.26 Å². The summed E-state index contributed by atoms with van der Waals surface area (Å²) in [7, 11) is 0. The molecule has 3 nitrogen and oxygen atoms in total. The van der Waals surface area contributed by atoms with Gasteiger partial charge in [-0.05, 0) is 42.4 Å². The summed E-state index contributed by atoms with van der Waals surface area (Å²) < 4.78 is 0. The van der Waals surface area contributed by atoms with Crippen LogP contribution in [0.5, 0.6) is 0 Å². The molecular weight excluding hydrogens is 316 g/mol. The predicted octanol–water partition coefficient (Wildman–Crippen LogP) is 4.79. The Bertz CT molecular complexity index is 799. The van der Waals surface area contributed by atoms with Crippen LogP contribution in [0.2, 0.25) is 0 Å². The van der Waals surface area contributed by atoms with Gasteiger partial charge in [0.1, 0.15) is 11.1 Å². The van der Waals surface area contributed by atoms with Gasteiger partial charge < -0.3 is 5.32 Å². The third kappa shape index (κ3) is 3.58. The van der Waals surface area contributed by atoms with Crippen LogP contribution in [0, 0.1) is 17.2 Å². The quantitative estimate of drug-likeness (QED) is 0.816. The lowest BCUT2D eigenvalue weighted by molar-refractivity contribution is -0.111. The number of nitrogens with zero attached hydrogens (tertiary/aromatic N) is 1. The van der Waals surface area contributed by atoms with E-state index in [9.17, 15) is 10.1 Å². The average molecular weight is 336 g/mol. The summed E-state index contributed by atoms with van der Waals surface area (Å²) in [6.07, 6.45) is 7.58. The van der Waals surface area contributed by atoms with Gasteiger partial charge in [-0.2, -0.15) is 5.26 Å². The topological polar surface area (TPSA) is 52.9 Å². The van der Waals surface area contributed by atoms with E-state index in [2.05, 4.69) is 18.3 Å². The third-order valence-electron chi connectivity index (χ3n) is 4.52. The number of carbonyl (C=O) groups excluding carboxylic acids is 1. The van der Waals surface area contributed by atoms with Crippen molar-refractivity contribution in [3.63, 3.8) is 0 Å². The number of hydrogen-bond donors (Lipinski definition) is 1. The molecule has 1 N–H and O–H groups in total. The molecule has 1 aliphatic rings. The Hall–Kier alpha value is -2.38. The molecule has 3 rings (SSSR count). The second-order valence-corrected chi connectivity index (χ2v) is 7.18. The van der Waals surface area contributed by atoms with Gasteiger partial charge in [-0.25, -0.2) is 0 Å². The molecule has 0 saturated heterocycles. The van der Waals surface area contributed by atoms with Gasteiger partial charge in [0.25, 0.3) is 0 Å². The summed E-state index contributed by atoms with van der Waals surface area (Å²) in [5.41, 5.74) is 2.78. The zero-order valence-corrected chi connectivity index (χ0v) is 14.5. The lowest BCUT2D eigenvalue weighted by atomic mass is 9.86. The zero-order valence-electron chi connectivity index (χ0n) is 13.7. The molecule has 0 fully saturated rings. The second-order valence-electron chi connectivity index (χ2n) is 6.07. The maximum absolute atomic E-state index is 12.2. The van der Waals surface area contributed by atoms with Crippen molar-refractivity contribution in [3.8, 4) is 6.07 Å². The lowest BCUT2D eigenvalue weighted by Crippen LogP contribution is -2.12. The van der Waals surface area contributed by atoms with E-state index in [1.807, 2.05) is 30.3 Å². The molecule has 0 unspecified atom stereocenters. The number of carbonyl (C=O) groups is 1. The van der Waals surface area contributed by atoms with Crippen LogP contribution < -0.4 is 5.32 Å². The summed E-state index contributed by atoms with van der Waals surface area (Å²) in [6, 6.07) is 12.0. The molecule has 1 aromatic carbocycles. The number of rotatable bonds is 4. The summed E-state index contributed by atoms with van der Waals surface area (Å²) in [6.45, 7) is 2.21. The van der Waals surface area contributed by atoms with Gasteiger partial charge >= 0.3 is 0 Å². The highest BCUT2D eigenvalue weighted by atomic mass is 32.1. The van der Waals surface area contributed by atoms with Gasteiger partial charge in [-0.1, -0.05) is 43.7 Å². The van der Waals surface area contributed by atoms with Crippen molar-refractivity contribution in [1.82, 2.24) is 0 Å². The van der Waals surface area contributed by atoms with Crippen LogP contribution in [0.25, 0.3) is 6.08 Å². The number of amides is 1. The molecule has 1 aromatic heterocycles. The number of hydrogen-bond acceptors (Lipinski definition) is 3. The summed E-state index contributed by atoms with van der Waals surface area (Å²) in [4.78, 5) is 13.5. The number of benzene rings is 1. The van der Waals surface area contributed by atoms with Gasteiger partial charge in [0, 0.05) is 11.0 Å². The Balaban J connectivity index is 1.76. The first-order valence-corrected chi connectivity index (χ1v) is 9.11. The Kier molecular flexibility index (Phi) is 5.12. The maximum Gasteiger partial charge on any atom is 0.249 e. The van der Waals surface area contributed by atoms with Crippen molar-refractivity contribution in [3.05, 3.63) is 58.0 Å². The fraction of sp³-hybridized carbons (Fsp3) is 0.300. The smallest absolute Gasteiger partial charge is 0.249 e. The van der Waals surface area contributed by atoms with Gasteiger partial charge in [0.05, 0.1) is 5.56 Å². The highest BCUT2D eigenvalue weighted by molar-refractivity contribution is 7.16. The van der Waals surface area contributed by atoms with E-state index in [0.717, 1.165) is 30.4 Å². The second kappa shape index (κ2) is 7.46. The van der Waals surface area contributed by atoms with Gasteiger partial charge in [0.2, 0.25) is 5.91 Å². The molecule has 2 aromatic rings. The molecule has 1 aliphatic carbocycles. The third-order valence-corrected chi connectivity index (χ3v) is 5.69. The molecule has 1 amide bonds. The first-order chi connectivity index (χ1) is 11.7. The van der Waals surface area contributed by atoms with Gasteiger partial charge in [-0.3, -0.25) is 4.79 Å². The molecule has 0 aliphatic heterocycles. The van der Waals surface area contributed by atoms with Crippen LogP contribution in [0.3, 0.4) is 0 Å². The number of fused-ring (bicyclic) bond motifs is 1. The van der Waals surface area contributed by atoms with E-state index in [1.54, 1.807) is 17.4 Å². The van der Waals surface area contributed by atoms with Crippen molar-refractivity contribution < 1.29 is 4.79 Å². The van der Waals surface area contributed by atoms with Gasteiger partial charge in [0.15, 0.2) is 0 Å². The Labute approximate surface area is 146 Å². The number of anilines is 1. The number of nitrogens with one attached hydrogen (secondary N) is 1. The first-order valence-electron chi connectivity index (χ1n) is 8.30. The number of thiophene rings is 1. The fourth-order valence-corrected chi connectivity index (χ4v) is 4.41. The molecule has 1 atom stereocenters. The SMILES string of the molecule is CC[C@H]1CCc2c(sc(NC(=O)/C=C\c3ccccc3)c2C#N)C1. The highest BCUT2D eigenvalue weighted by Crippen LogP contribution is 2.39.